The molecule has 1 aromatic rings. The van der Waals surface area contributed by atoms with Crippen LogP contribution in [0.5, 0.6) is 0 Å². The van der Waals surface area contributed by atoms with Gasteiger partial charge in [0.25, 0.3) is 0 Å². The average Bonchev–Trinajstić information content (AvgIpc) is 2.63. The first-order chi connectivity index (χ1) is 16.2. The number of ether oxygens (including phenoxy) is 1. The zero-order valence-electron chi connectivity index (χ0n) is 26.2. The van der Waals surface area contributed by atoms with Gasteiger partial charge in [-0.2, -0.15) is 18.6 Å². The molecule has 1 aromatic carbocycles. The Hall–Kier alpha value is -0.849. The van der Waals surface area contributed by atoms with E-state index < -0.39 is 13.7 Å². The van der Waals surface area contributed by atoms with Crippen molar-refractivity contribution in [2.45, 2.75) is 132 Å². The van der Waals surface area contributed by atoms with Crippen molar-refractivity contribution in [1.29, 1.82) is 0 Å². The SMILES string of the molecule is CC(C)O.CC(C)O.[CH2-]c1cc([Si](C)(C)C)c(C(=O)OC(C)(C)C)cc1CCC(C)CCC=C(C)C.[Ti]. The van der Waals surface area contributed by atoms with Gasteiger partial charge in [0.1, 0.15) is 5.60 Å². The van der Waals surface area contributed by atoms with Crippen molar-refractivity contribution < 1.29 is 41.5 Å². The number of hydrogen-bond acceptors (Lipinski definition) is 4. The molecule has 2 N–H and O–H groups in total. The standard InChI is InChI=1S/C25H41O2Si.2C3H8O.Ti/c1-18(2)12-11-13-19(3)14-15-21-17-22(24(26)27-25(5,6)7)23(16-20(21)4)28(8,9)10;2*1-3(2)4;/h12,16-17,19H,4,11,13-15H2,1-3,5-10H3;2*3-4H,1-2H3;/q-1;;;. The van der Waals surface area contributed by atoms with Crippen LogP contribution in [0, 0.1) is 12.8 Å². The van der Waals surface area contributed by atoms with Crippen LogP contribution in [-0.2, 0) is 32.9 Å². The number of rotatable bonds is 8. The van der Waals surface area contributed by atoms with Crippen LogP contribution < -0.4 is 5.19 Å². The number of esters is 1. The summed E-state index contributed by atoms with van der Waals surface area (Å²) < 4.78 is 5.71. The van der Waals surface area contributed by atoms with E-state index in [0.29, 0.717) is 5.92 Å². The Balaban J connectivity index is -0.00000112. The summed E-state index contributed by atoms with van der Waals surface area (Å²) >= 11 is 0. The molecule has 0 aliphatic heterocycles. The van der Waals surface area contributed by atoms with Gasteiger partial charge in [-0.3, -0.25) is 0 Å². The third-order valence-corrected chi connectivity index (χ3v) is 6.91. The van der Waals surface area contributed by atoms with Crippen LogP contribution in [0.15, 0.2) is 23.8 Å². The van der Waals surface area contributed by atoms with Gasteiger partial charge in [0, 0.05) is 39.5 Å². The Morgan fingerprint density at radius 2 is 1.46 bits per heavy atom. The molecule has 0 bridgehead atoms. The predicted molar refractivity (Wildman–Crippen MR) is 160 cm³/mol. The van der Waals surface area contributed by atoms with E-state index in [2.05, 4.69) is 65.5 Å². The Morgan fingerprint density at radius 3 is 1.84 bits per heavy atom. The zero-order valence-corrected chi connectivity index (χ0v) is 28.8. The second-order valence-electron chi connectivity index (χ2n) is 12.6. The maximum Gasteiger partial charge on any atom is 0.336 e. The van der Waals surface area contributed by atoms with Crippen LogP contribution in [0.1, 0.15) is 110 Å². The third kappa shape index (κ3) is 22.8. The van der Waals surface area contributed by atoms with Gasteiger partial charge in [-0.15, -0.1) is 11.6 Å². The molecule has 214 valence electrons. The molecule has 0 fully saturated rings. The van der Waals surface area contributed by atoms with E-state index in [-0.39, 0.29) is 39.9 Å². The average molecular weight is 570 g/mol. The van der Waals surface area contributed by atoms with Gasteiger partial charge < -0.3 is 14.9 Å². The topological polar surface area (TPSA) is 66.8 Å². The summed E-state index contributed by atoms with van der Waals surface area (Å²) in [6.45, 7) is 30.4. The Morgan fingerprint density at radius 1 is 1.00 bits per heavy atom. The predicted octanol–water partition coefficient (Wildman–Crippen LogP) is 7.46. The molecule has 37 heavy (non-hydrogen) atoms. The van der Waals surface area contributed by atoms with Crippen LogP contribution in [0.4, 0.5) is 0 Å². The number of aryl methyl sites for hydroxylation is 1. The monoisotopic (exact) mass is 569 g/mol. The van der Waals surface area contributed by atoms with Crippen molar-refractivity contribution in [3.05, 3.63) is 47.4 Å². The number of carbonyl (C=O) groups excluding carboxylic acids is 1. The molecule has 6 heteroatoms. The molecule has 0 saturated carbocycles. The summed E-state index contributed by atoms with van der Waals surface area (Å²) in [6, 6.07) is 4.21. The van der Waals surface area contributed by atoms with Gasteiger partial charge >= 0.3 is 5.97 Å². The molecule has 4 nitrogen and oxygen atoms in total. The molecule has 1 rings (SSSR count). The van der Waals surface area contributed by atoms with E-state index in [9.17, 15) is 4.79 Å². The van der Waals surface area contributed by atoms with Crippen molar-refractivity contribution >= 4 is 19.2 Å². The van der Waals surface area contributed by atoms with Crippen LogP contribution in [0.3, 0.4) is 0 Å². The summed E-state index contributed by atoms with van der Waals surface area (Å²) in [7, 11) is -1.69. The van der Waals surface area contributed by atoms with Crippen molar-refractivity contribution in [2.24, 2.45) is 5.92 Å². The molecule has 0 radical (unpaired) electrons. The number of hydrogen-bond donors (Lipinski definition) is 2. The van der Waals surface area contributed by atoms with Crippen molar-refractivity contribution in [3.63, 3.8) is 0 Å². The fraction of sp³-hybridized carbons (Fsp3) is 0.677. The van der Waals surface area contributed by atoms with E-state index in [1.807, 2.05) is 20.8 Å². The normalized spacial score (nSPS) is 11.9. The van der Waals surface area contributed by atoms with E-state index in [1.54, 1.807) is 27.7 Å². The molecule has 0 heterocycles. The van der Waals surface area contributed by atoms with E-state index in [1.165, 1.54) is 17.6 Å². The largest absolute Gasteiger partial charge is 0.456 e. The summed E-state index contributed by atoms with van der Waals surface area (Å²) in [5, 5.41) is 17.3. The van der Waals surface area contributed by atoms with Gasteiger partial charge in [0.2, 0.25) is 0 Å². The fourth-order valence-electron chi connectivity index (χ4n) is 3.25. The molecule has 1 atom stereocenters. The molecule has 1 unspecified atom stereocenters. The summed E-state index contributed by atoms with van der Waals surface area (Å²) in [5.74, 6) is 0.444. The van der Waals surface area contributed by atoms with Crippen LogP contribution in [0.2, 0.25) is 19.6 Å². The number of benzene rings is 1. The first-order valence-electron chi connectivity index (χ1n) is 13.4. The molecular weight excluding hydrogens is 512 g/mol. The molecule has 0 spiro atoms. The van der Waals surface area contributed by atoms with Gasteiger partial charge in [-0.1, -0.05) is 56.2 Å². The van der Waals surface area contributed by atoms with Crippen LogP contribution in [0.25, 0.3) is 0 Å². The second kappa shape index (κ2) is 19.2. The number of allylic oxidation sites excluding steroid dienone is 2. The number of aliphatic hydroxyl groups is 2. The molecular formula is C31H57O4SiTi-. The van der Waals surface area contributed by atoms with Crippen molar-refractivity contribution in [2.75, 3.05) is 0 Å². The Bertz CT molecular complexity index is 787. The smallest absolute Gasteiger partial charge is 0.336 e. The van der Waals surface area contributed by atoms with Gasteiger partial charge in [0.05, 0.1) is 8.07 Å². The summed E-state index contributed by atoms with van der Waals surface area (Å²) in [6.07, 6.45) is 6.38. The van der Waals surface area contributed by atoms with E-state index in [0.717, 1.165) is 35.6 Å². The van der Waals surface area contributed by atoms with Crippen LogP contribution in [-0.4, -0.2) is 42.1 Å². The Labute approximate surface area is 245 Å². The minimum atomic E-state index is -1.69. The van der Waals surface area contributed by atoms with Gasteiger partial charge in [-0.25, -0.2) is 4.79 Å². The second-order valence-corrected chi connectivity index (χ2v) is 17.6. The molecule has 0 aliphatic rings. The van der Waals surface area contributed by atoms with Crippen LogP contribution >= 0.6 is 0 Å². The van der Waals surface area contributed by atoms with Crippen molar-refractivity contribution in [3.8, 4) is 0 Å². The maximum absolute atomic E-state index is 12.9. The minimum Gasteiger partial charge on any atom is -0.456 e. The molecule has 0 aliphatic carbocycles. The van der Waals surface area contributed by atoms with Gasteiger partial charge in [0.15, 0.2) is 0 Å². The van der Waals surface area contributed by atoms with Gasteiger partial charge in [-0.05, 0) is 81.1 Å². The first kappa shape index (κ1) is 40.6. The molecule has 0 aromatic heterocycles. The molecule has 0 amide bonds. The zero-order chi connectivity index (χ0) is 28.9. The summed E-state index contributed by atoms with van der Waals surface area (Å²) in [4.78, 5) is 12.9. The Kier molecular flexibility index (Phi) is 21.1. The minimum absolute atomic E-state index is 0. The van der Waals surface area contributed by atoms with Crippen molar-refractivity contribution in [1.82, 2.24) is 0 Å². The third-order valence-electron chi connectivity index (χ3n) is 4.89. The quantitative estimate of drug-likeness (QED) is 0.148. The molecule has 0 saturated heterocycles. The first-order valence-corrected chi connectivity index (χ1v) is 16.9. The maximum atomic E-state index is 12.9. The fourth-order valence-corrected chi connectivity index (χ4v) is 4.84. The van der Waals surface area contributed by atoms with E-state index >= 15 is 0 Å². The summed E-state index contributed by atoms with van der Waals surface area (Å²) in [5.41, 5.74) is 3.87. The number of aliphatic hydroxyl groups excluding tert-OH is 2. The number of carbonyl (C=O) groups is 1. The van der Waals surface area contributed by atoms with E-state index in [4.69, 9.17) is 14.9 Å².